The molecule has 0 saturated heterocycles. The molecule has 1 aromatic heterocycles. The van der Waals surface area contributed by atoms with E-state index < -0.39 is 0 Å². The maximum atomic E-state index is 14.8. The number of aromatic nitrogens is 2. The zero-order valence-corrected chi connectivity index (χ0v) is 17.9. The van der Waals surface area contributed by atoms with E-state index in [2.05, 4.69) is 9.97 Å². The van der Waals surface area contributed by atoms with Gasteiger partial charge in [-0.15, -0.1) is 35.0 Å². The normalized spacial score (nSPS) is 14.2. The summed E-state index contributed by atoms with van der Waals surface area (Å²) in [7, 11) is 1.60. The highest BCUT2D eigenvalue weighted by atomic mass is 127. The monoisotopic (exact) mass is 506 g/mol. The molecular formula is C14H14Cl2FIN2OS2. The van der Waals surface area contributed by atoms with Crippen LogP contribution in [0, 0.1) is 9.39 Å². The van der Waals surface area contributed by atoms with Gasteiger partial charge in [0.25, 0.3) is 0 Å². The van der Waals surface area contributed by atoms with Gasteiger partial charge in [-0.25, -0.2) is 14.4 Å². The van der Waals surface area contributed by atoms with Gasteiger partial charge in [-0.1, -0.05) is 11.8 Å². The first-order valence-electron chi connectivity index (χ1n) is 6.61. The maximum absolute atomic E-state index is 14.8. The highest BCUT2D eigenvalue weighted by Crippen LogP contribution is 2.42. The molecule has 1 aromatic carbocycles. The molecule has 2 atom stereocenters. The Balaban J connectivity index is 2.83. The Kier molecular flexibility index (Phi) is 7.49. The minimum absolute atomic E-state index is 0.200. The third-order valence-corrected chi connectivity index (χ3v) is 6.61. The molecule has 0 spiro atoms. The summed E-state index contributed by atoms with van der Waals surface area (Å²) in [5.41, 5.74) is 1.12. The van der Waals surface area contributed by atoms with Gasteiger partial charge in [-0.2, -0.15) is 0 Å². The van der Waals surface area contributed by atoms with Gasteiger partial charge < -0.3 is 4.74 Å². The quantitative estimate of drug-likeness (QED) is 0.212. The van der Waals surface area contributed by atoms with E-state index in [0.29, 0.717) is 20.6 Å². The standard InChI is InChI=1S/C14H14Cl2FIN2OS2/c1-6(15)22-13-8(4-21-3)9-12(10(17)11(13)18)19-5-20-14(9)23-7(2)16/h5-7H,4H2,1-3H3. The molecule has 9 heteroatoms. The summed E-state index contributed by atoms with van der Waals surface area (Å²) >= 11 is 16.9. The summed E-state index contributed by atoms with van der Waals surface area (Å²) in [6.45, 7) is 4.00. The molecular weight excluding hydrogens is 493 g/mol. The summed E-state index contributed by atoms with van der Waals surface area (Å²) in [5.74, 6) is -0.369. The summed E-state index contributed by atoms with van der Waals surface area (Å²) in [5, 5.41) is 1.29. The van der Waals surface area contributed by atoms with Crippen LogP contribution in [0.5, 0.6) is 0 Å². The van der Waals surface area contributed by atoms with E-state index in [9.17, 15) is 4.39 Å². The molecule has 0 fully saturated rings. The lowest BCUT2D eigenvalue weighted by molar-refractivity contribution is 0.183. The fourth-order valence-electron chi connectivity index (χ4n) is 2.07. The molecule has 0 radical (unpaired) electrons. The molecule has 126 valence electrons. The highest BCUT2D eigenvalue weighted by molar-refractivity contribution is 14.1. The van der Waals surface area contributed by atoms with Gasteiger partial charge in [0.2, 0.25) is 0 Å². The van der Waals surface area contributed by atoms with Gasteiger partial charge in [0.15, 0.2) is 5.82 Å². The first-order valence-corrected chi connectivity index (χ1v) is 10.3. The number of nitrogens with zero attached hydrogens (tertiary/aromatic N) is 2. The van der Waals surface area contributed by atoms with Crippen molar-refractivity contribution in [3.8, 4) is 0 Å². The van der Waals surface area contributed by atoms with Gasteiger partial charge >= 0.3 is 0 Å². The maximum Gasteiger partial charge on any atom is 0.164 e. The van der Waals surface area contributed by atoms with Crippen molar-refractivity contribution in [2.75, 3.05) is 7.11 Å². The molecule has 0 amide bonds. The zero-order valence-electron chi connectivity index (χ0n) is 12.6. The van der Waals surface area contributed by atoms with Crippen LogP contribution < -0.4 is 0 Å². The largest absolute Gasteiger partial charge is 0.380 e. The fourth-order valence-corrected chi connectivity index (χ4v) is 5.13. The average Bonchev–Trinajstić information content (AvgIpc) is 2.47. The molecule has 0 saturated carbocycles. The summed E-state index contributed by atoms with van der Waals surface area (Å²) in [4.78, 5) is 9.17. The number of rotatable bonds is 6. The van der Waals surface area contributed by atoms with Crippen molar-refractivity contribution in [2.45, 2.75) is 39.8 Å². The van der Waals surface area contributed by atoms with Crippen LogP contribution in [0.3, 0.4) is 0 Å². The molecule has 2 aromatic rings. The number of halogens is 4. The van der Waals surface area contributed by atoms with Gasteiger partial charge in [0.05, 0.1) is 19.6 Å². The number of thioether (sulfide) groups is 2. The molecule has 0 N–H and O–H groups in total. The summed E-state index contributed by atoms with van der Waals surface area (Å²) in [6, 6.07) is 0. The first kappa shape index (κ1) is 19.8. The van der Waals surface area contributed by atoms with Crippen molar-refractivity contribution in [1.29, 1.82) is 0 Å². The molecule has 0 aliphatic rings. The second-order valence-electron chi connectivity index (χ2n) is 4.59. The lowest BCUT2D eigenvalue weighted by Crippen LogP contribution is -2.04. The van der Waals surface area contributed by atoms with Crippen LogP contribution in [0.2, 0.25) is 0 Å². The van der Waals surface area contributed by atoms with Crippen LogP contribution in [-0.4, -0.2) is 26.5 Å². The summed E-state index contributed by atoms with van der Waals surface area (Å²) in [6.07, 6.45) is 1.36. The molecule has 2 unspecified atom stereocenters. The lowest BCUT2D eigenvalue weighted by Gasteiger charge is -2.18. The minimum Gasteiger partial charge on any atom is -0.380 e. The number of alkyl halides is 2. The van der Waals surface area contributed by atoms with E-state index in [0.717, 1.165) is 10.5 Å². The zero-order chi connectivity index (χ0) is 17.1. The molecule has 0 bridgehead atoms. The van der Waals surface area contributed by atoms with Gasteiger partial charge in [0, 0.05) is 23.0 Å². The Morgan fingerprint density at radius 2 is 1.91 bits per heavy atom. The third kappa shape index (κ3) is 4.55. The van der Waals surface area contributed by atoms with E-state index in [1.807, 2.05) is 36.4 Å². The minimum atomic E-state index is -0.369. The van der Waals surface area contributed by atoms with E-state index >= 15 is 0 Å². The number of methoxy groups -OCH3 is 1. The van der Waals surface area contributed by atoms with Gasteiger partial charge in [-0.3, -0.25) is 0 Å². The van der Waals surface area contributed by atoms with Crippen LogP contribution in [-0.2, 0) is 11.3 Å². The Hall–Kier alpha value is 0.460. The predicted octanol–water partition coefficient (Wildman–Crippen LogP) is 5.87. The number of ether oxygens (including phenoxy) is 1. The van der Waals surface area contributed by atoms with Crippen LogP contribution in [0.4, 0.5) is 4.39 Å². The second-order valence-corrected chi connectivity index (χ2v) is 10.2. The topological polar surface area (TPSA) is 35.0 Å². The molecule has 0 aliphatic heterocycles. The van der Waals surface area contributed by atoms with Crippen LogP contribution in [0.15, 0.2) is 16.2 Å². The number of fused-ring (bicyclic) bond motifs is 1. The molecule has 0 aliphatic carbocycles. The fraction of sp³-hybridized carbons (Fsp3) is 0.429. The smallest absolute Gasteiger partial charge is 0.164 e. The summed E-state index contributed by atoms with van der Waals surface area (Å²) < 4.78 is 20.2. The van der Waals surface area contributed by atoms with Crippen molar-refractivity contribution in [3.05, 3.63) is 21.3 Å². The Morgan fingerprint density at radius 3 is 2.48 bits per heavy atom. The SMILES string of the molecule is COCc1c(SC(C)Cl)c(I)c(F)c2ncnc(SC(C)Cl)c12. The Morgan fingerprint density at radius 1 is 1.26 bits per heavy atom. The van der Waals surface area contributed by atoms with E-state index in [1.165, 1.54) is 29.9 Å². The highest BCUT2D eigenvalue weighted by Gasteiger charge is 2.23. The third-order valence-electron chi connectivity index (χ3n) is 2.83. The van der Waals surface area contributed by atoms with Gasteiger partial charge in [-0.05, 0) is 36.4 Å². The molecule has 23 heavy (non-hydrogen) atoms. The van der Waals surface area contributed by atoms with Gasteiger partial charge in [0.1, 0.15) is 16.9 Å². The van der Waals surface area contributed by atoms with Crippen molar-refractivity contribution in [2.24, 2.45) is 0 Å². The van der Waals surface area contributed by atoms with Crippen molar-refractivity contribution in [1.82, 2.24) is 9.97 Å². The average molecular weight is 507 g/mol. The van der Waals surface area contributed by atoms with Crippen LogP contribution in [0.1, 0.15) is 19.4 Å². The second kappa shape index (κ2) is 8.71. The lowest BCUT2D eigenvalue weighted by atomic mass is 10.1. The van der Waals surface area contributed by atoms with Crippen molar-refractivity contribution in [3.63, 3.8) is 0 Å². The van der Waals surface area contributed by atoms with E-state index in [1.54, 1.807) is 7.11 Å². The number of benzene rings is 1. The van der Waals surface area contributed by atoms with E-state index in [4.69, 9.17) is 27.9 Å². The van der Waals surface area contributed by atoms with Crippen molar-refractivity contribution >= 4 is 80.2 Å². The van der Waals surface area contributed by atoms with E-state index in [-0.39, 0.29) is 20.8 Å². The number of hydrogen-bond acceptors (Lipinski definition) is 5. The predicted molar refractivity (Wildman–Crippen MR) is 105 cm³/mol. The molecule has 1 heterocycles. The van der Waals surface area contributed by atoms with Crippen LogP contribution in [0.25, 0.3) is 10.9 Å². The molecule has 2 rings (SSSR count). The number of hydrogen-bond donors (Lipinski definition) is 0. The molecule has 3 nitrogen and oxygen atoms in total. The van der Waals surface area contributed by atoms with Crippen molar-refractivity contribution < 1.29 is 9.13 Å². The van der Waals surface area contributed by atoms with Crippen LogP contribution >= 0.6 is 69.3 Å². The Labute approximate surface area is 166 Å². The Bertz CT molecular complexity index is 719. The first-order chi connectivity index (χ1) is 10.9.